The Bertz CT molecular complexity index is 1080. The van der Waals surface area contributed by atoms with Gasteiger partial charge in [-0.15, -0.1) is 22.7 Å². The zero-order valence-electron chi connectivity index (χ0n) is 14.9. The number of halogens is 1. The Kier molecular flexibility index (Phi) is 6.55. The van der Waals surface area contributed by atoms with E-state index in [0.717, 1.165) is 15.6 Å². The molecule has 0 saturated carbocycles. The largest absolute Gasteiger partial charge is 0.339 e. The normalized spacial score (nSPS) is 10.9. The summed E-state index contributed by atoms with van der Waals surface area (Å²) in [6.45, 7) is 0. The van der Waals surface area contributed by atoms with Gasteiger partial charge >= 0.3 is 0 Å². The van der Waals surface area contributed by atoms with Crippen molar-refractivity contribution in [2.75, 3.05) is 5.32 Å². The van der Waals surface area contributed by atoms with Gasteiger partial charge < -0.3 is 9.84 Å². The minimum Gasteiger partial charge on any atom is -0.339 e. The fourth-order valence-electron chi connectivity index (χ4n) is 2.34. The van der Waals surface area contributed by atoms with Crippen molar-refractivity contribution in [1.29, 1.82) is 0 Å². The molecule has 0 spiro atoms. The van der Waals surface area contributed by atoms with Crippen molar-refractivity contribution in [3.05, 3.63) is 58.0 Å². The van der Waals surface area contributed by atoms with Crippen LogP contribution in [0.5, 0.6) is 0 Å². The molecule has 1 amide bonds. The molecule has 0 aliphatic heterocycles. The molecule has 1 N–H and O–H groups in total. The summed E-state index contributed by atoms with van der Waals surface area (Å²) in [6.07, 6.45) is 2.28. The van der Waals surface area contributed by atoms with Gasteiger partial charge in [0.05, 0.1) is 11.4 Å². The molecule has 0 radical (unpaired) electrons. The number of anilines is 1. The Balaban J connectivity index is 1.26. The second-order valence-corrected chi connectivity index (χ2v) is 9.20. The lowest BCUT2D eigenvalue weighted by molar-refractivity contribution is -0.116. The smallest absolute Gasteiger partial charge is 0.227 e. The summed E-state index contributed by atoms with van der Waals surface area (Å²) in [5.74, 6) is 1.43. The molecule has 3 aromatic heterocycles. The molecule has 11 heteroatoms. The first kappa shape index (κ1) is 20.0. The fourth-order valence-corrected chi connectivity index (χ4v) is 4.69. The number of carbonyl (C=O) groups is 1. The number of aromatic nitrogens is 4. The maximum Gasteiger partial charge on any atom is 0.227 e. The molecule has 0 atom stereocenters. The van der Waals surface area contributed by atoms with Gasteiger partial charge in [-0.2, -0.15) is 4.98 Å². The van der Waals surface area contributed by atoms with Gasteiger partial charge in [0.2, 0.25) is 11.8 Å². The van der Waals surface area contributed by atoms with Crippen LogP contribution in [0.25, 0.3) is 11.3 Å². The lowest BCUT2D eigenvalue weighted by Gasteiger charge is -1.98. The summed E-state index contributed by atoms with van der Waals surface area (Å²) in [5.41, 5.74) is 1.93. The first-order valence-electron chi connectivity index (χ1n) is 8.51. The highest BCUT2D eigenvalue weighted by atomic mass is 35.5. The van der Waals surface area contributed by atoms with E-state index in [-0.39, 0.29) is 12.3 Å². The molecule has 0 fully saturated rings. The van der Waals surface area contributed by atoms with Crippen LogP contribution in [-0.4, -0.2) is 26.0 Å². The molecule has 7 nitrogen and oxygen atoms in total. The summed E-state index contributed by atoms with van der Waals surface area (Å²) in [5, 5.41) is 11.8. The molecule has 4 rings (SSSR count). The number of amides is 1. The van der Waals surface area contributed by atoms with Gasteiger partial charge in [-0.3, -0.25) is 4.79 Å². The lowest BCUT2D eigenvalue weighted by atomic mass is 10.2. The van der Waals surface area contributed by atoms with Crippen LogP contribution in [0.3, 0.4) is 0 Å². The molecule has 0 saturated heterocycles. The van der Waals surface area contributed by atoms with E-state index in [0.29, 0.717) is 34.0 Å². The maximum atomic E-state index is 11.9. The van der Waals surface area contributed by atoms with E-state index in [1.165, 1.54) is 11.3 Å². The van der Waals surface area contributed by atoms with Crippen LogP contribution >= 0.6 is 46.0 Å². The van der Waals surface area contributed by atoms with Gasteiger partial charge in [0.1, 0.15) is 0 Å². The molecule has 1 aromatic carbocycles. The molecule has 0 aliphatic carbocycles. The van der Waals surface area contributed by atoms with Crippen LogP contribution in [0.2, 0.25) is 5.02 Å². The van der Waals surface area contributed by atoms with Crippen LogP contribution in [0.15, 0.2) is 50.1 Å². The Morgan fingerprint density at radius 1 is 1.21 bits per heavy atom. The van der Waals surface area contributed by atoms with E-state index < -0.39 is 0 Å². The third-order valence-corrected chi connectivity index (χ3v) is 6.66. The number of nitrogens with zero attached hydrogens (tertiary/aromatic N) is 4. The monoisotopic (exact) mass is 463 g/mol. The molecule has 0 aliphatic rings. The van der Waals surface area contributed by atoms with Crippen molar-refractivity contribution in [3.63, 3.8) is 0 Å². The number of aryl methyl sites for hydroxylation is 1. The maximum absolute atomic E-state index is 11.9. The van der Waals surface area contributed by atoms with Gasteiger partial charge in [-0.05, 0) is 12.1 Å². The van der Waals surface area contributed by atoms with Crippen LogP contribution < -0.4 is 5.32 Å². The molecule has 29 heavy (non-hydrogen) atoms. The Hall–Kier alpha value is -2.27. The molecule has 148 valence electrons. The van der Waals surface area contributed by atoms with E-state index in [1.807, 2.05) is 29.6 Å². The number of nitrogens with one attached hydrogen (secondary N) is 1. The fraction of sp³-hybridized carbons (Fsp3) is 0.167. The van der Waals surface area contributed by atoms with Crippen LogP contribution in [0.4, 0.5) is 5.13 Å². The van der Waals surface area contributed by atoms with Crippen molar-refractivity contribution >= 4 is 57.1 Å². The Labute approximate surface area is 183 Å². The highest BCUT2D eigenvalue weighted by Crippen LogP contribution is 2.30. The minimum atomic E-state index is -0.133. The number of thiazole rings is 2. The number of carbonyl (C=O) groups excluding carboxylic acids is 1. The molecule has 3 heterocycles. The second-order valence-electron chi connectivity index (χ2n) is 5.78. The van der Waals surface area contributed by atoms with Gasteiger partial charge in [0.15, 0.2) is 15.3 Å². The van der Waals surface area contributed by atoms with Crippen LogP contribution in [0, 0.1) is 0 Å². The van der Waals surface area contributed by atoms with Crippen molar-refractivity contribution in [2.24, 2.45) is 0 Å². The predicted octanol–water partition coefficient (Wildman–Crippen LogP) is 5.17. The lowest BCUT2D eigenvalue weighted by Crippen LogP contribution is -2.12. The predicted molar refractivity (Wildman–Crippen MR) is 115 cm³/mol. The summed E-state index contributed by atoms with van der Waals surface area (Å²) < 4.78 is 6.15. The third kappa shape index (κ3) is 5.63. The van der Waals surface area contributed by atoms with Gasteiger partial charge in [0, 0.05) is 40.4 Å². The van der Waals surface area contributed by atoms with E-state index in [1.54, 1.807) is 34.7 Å². The van der Waals surface area contributed by atoms with Crippen molar-refractivity contribution in [1.82, 2.24) is 20.1 Å². The minimum absolute atomic E-state index is 0.133. The van der Waals surface area contributed by atoms with Crippen LogP contribution in [0.1, 0.15) is 18.1 Å². The second kappa shape index (κ2) is 9.49. The van der Waals surface area contributed by atoms with Crippen LogP contribution in [-0.2, 0) is 17.0 Å². The number of rotatable bonds is 8. The number of hydrogen-bond acceptors (Lipinski definition) is 9. The zero-order valence-corrected chi connectivity index (χ0v) is 18.1. The molecule has 4 aromatic rings. The first-order valence-corrected chi connectivity index (χ1v) is 11.6. The highest BCUT2D eigenvalue weighted by Gasteiger charge is 2.12. The summed E-state index contributed by atoms with van der Waals surface area (Å²) >= 11 is 10.4. The van der Waals surface area contributed by atoms with E-state index in [9.17, 15) is 4.79 Å². The number of thioether (sulfide) groups is 1. The quantitative estimate of drug-likeness (QED) is 0.360. The van der Waals surface area contributed by atoms with E-state index in [4.69, 9.17) is 16.1 Å². The first-order chi connectivity index (χ1) is 14.2. The molecular formula is C18H14ClN5O2S3. The highest BCUT2D eigenvalue weighted by molar-refractivity contribution is 8.00. The summed E-state index contributed by atoms with van der Waals surface area (Å²) in [7, 11) is 0. The number of benzene rings is 1. The number of hydrogen-bond donors (Lipinski definition) is 1. The van der Waals surface area contributed by atoms with E-state index >= 15 is 0 Å². The summed E-state index contributed by atoms with van der Waals surface area (Å²) in [4.78, 5) is 24.9. The van der Waals surface area contributed by atoms with Gasteiger partial charge in [-0.25, -0.2) is 9.97 Å². The van der Waals surface area contributed by atoms with Gasteiger partial charge in [0.25, 0.3) is 0 Å². The molecule has 0 unspecified atom stereocenters. The standard InChI is InChI=1S/C18H14ClN5O2S3/c19-12-3-1-11(2-4-12)13-9-28-18(21-13)29-10-14-22-16(26-24-14)6-5-15(25)23-17-20-7-8-27-17/h1-4,7-9H,5-6,10H2,(H,20,23,25). The zero-order chi connectivity index (χ0) is 20.1. The van der Waals surface area contributed by atoms with Gasteiger partial charge in [-0.1, -0.05) is 40.7 Å². The molecular weight excluding hydrogens is 450 g/mol. The van der Waals surface area contributed by atoms with Crippen molar-refractivity contribution in [3.8, 4) is 11.3 Å². The average Bonchev–Trinajstić information content (AvgIpc) is 3.47. The Morgan fingerprint density at radius 2 is 2.07 bits per heavy atom. The average molecular weight is 464 g/mol. The van der Waals surface area contributed by atoms with Crippen molar-refractivity contribution in [2.45, 2.75) is 22.9 Å². The summed E-state index contributed by atoms with van der Waals surface area (Å²) in [6, 6.07) is 7.59. The third-order valence-electron chi connectivity index (χ3n) is 3.70. The van der Waals surface area contributed by atoms with E-state index in [2.05, 4.69) is 25.4 Å². The molecule has 0 bridgehead atoms. The Morgan fingerprint density at radius 3 is 2.86 bits per heavy atom. The topological polar surface area (TPSA) is 93.8 Å². The van der Waals surface area contributed by atoms with Crippen molar-refractivity contribution < 1.29 is 9.32 Å². The SMILES string of the molecule is O=C(CCc1nc(CSc2nc(-c3ccc(Cl)cc3)cs2)no1)Nc1nccs1.